The third-order valence-electron chi connectivity index (χ3n) is 2.56. The van der Waals surface area contributed by atoms with E-state index < -0.39 is 5.54 Å². The first-order chi connectivity index (χ1) is 7.44. The topological polar surface area (TPSA) is 61.5 Å². The third kappa shape index (κ3) is 6.08. The number of rotatable bonds is 8. The van der Waals surface area contributed by atoms with E-state index in [9.17, 15) is 4.79 Å². The van der Waals surface area contributed by atoms with Crippen molar-refractivity contribution in [1.29, 1.82) is 0 Å². The molecule has 2 N–H and O–H groups in total. The van der Waals surface area contributed by atoms with Crippen molar-refractivity contribution in [2.75, 3.05) is 13.2 Å². The predicted molar refractivity (Wildman–Crippen MR) is 64.2 cm³/mol. The van der Waals surface area contributed by atoms with Crippen molar-refractivity contribution in [3.63, 3.8) is 0 Å². The molecule has 16 heavy (non-hydrogen) atoms. The Labute approximate surface area is 98.5 Å². The van der Waals surface area contributed by atoms with E-state index in [1.165, 1.54) is 0 Å². The van der Waals surface area contributed by atoms with Gasteiger partial charge in [0.15, 0.2) is 0 Å². The van der Waals surface area contributed by atoms with E-state index in [0.717, 1.165) is 12.8 Å². The molecular weight excluding hydrogens is 206 g/mol. The number of carbonyl (C=O) groups is 1. The first kappa shape index (κ1) is 15.4. The monoisotopic (exact) mass is 231 g/mol. The summed E-state index contributed by atoms with van der Waals surface area (Å²) in [6, 6.07) is 0. The van der Waals surface area contributed by atoms with Crippen LogP contribution in [-0.2, 0) is 14.3 Å². The van der Waals surface area contributed by atoms with Crippen LogP contribution in [0.25, 0.3) is 0 Å². The maximum Gasteiger partial charge on any atom is 0.325 e. The van der Waals surface area contributed by atoms with Crippen molar-refractivity contribution >= 4 is 5.97 Å². The Hall–Kier alpha value is -0.610. The molecule has 96 valence electrons. The Morgan fingerprint density at radius 2 is 2.06 bits per heavy atom. The lowest BCUT2D eigenvalue weighted by atomic mass is 9.98. The minimum absolute atomic E-state index is 0.270. The normalized spacial score (nSPS) is 16.6. The Morgan fingerprint density at radius 1 is 1.44 bits per heavy atom. The van der Waals surface area contributed by atoms with Crippen molar-refractivity contribution in [2.24, 2.45) is 5.73 Å². The molecule has 0 aromatic carbocycles. The minimum atomic E-state index is -0.894. The van der Waals surface area contributed by atoms with E-state index in [-0.39, 0.29) is 12.1 Å². The van der Waals surface area contributed by atoms with Crippen molar-refractivity contribution in [1.82, 2.24) is 0 Å². The summed E-state index contributed by atoms with van der Waals surface area (Å²) in [5, 5.41) is 0. The van der Waals surface area contributed by atoms with Gasteiger partial charge in [-0.05, 0) is 40.0 Å². The summed E-state index contributed by atoms with van der Waals surface area (Å²) in [6.07, 6.45) is 2.63. The average molecular weight is 231 g/mol. The molecule has 4 heteroatoms. The molecule has 4 nitrogen and oxygen atoms in total. The van der Waals surface area contributed by atoms with E-state index in [4.69, 9.17) is 15.2 Å². The van der Waals surface area contributed by atoms with Gasteiger partial charge in [0.05, 0.1) is 12.7 Å². The highest BCUT2D eigenvalue weighted by Gasteiger charge is 2.29. The fourth-order valence-corrected chi connectivity index (χ4v) is 1.24. The SMILES string of the molecule is CCOC(=O)C(C)(N)CCCOC(C)CC. The van der Waals surface area contributed by atoms with Gasteiger partial charge in [-0.15, -0.1) is 0 Å². The smallest absolute Gasteiger partial charge is 0.325 e. The van der Waals surface area contributed by atoms with Crippen LogP contribution in [0.1, 0.15) is 47.0 Å². The molecule has 0 amide bonds. The van der Waals surface area contributed by atoms with Gasteiger partial charge < -0.3 is 15.2 Å². The number of hydrogen-bond acceptors (Lipinski definition) is 4. The maximum atomic E-state index is 11.5. The van der Waals surface area contributed by atoms with Crippen LogP contribution in [0, 0.1) is 0 Å². The zero-order valence-corrected chi connectivity index (χ0v) is 10.9. The van der Waals surface area contributed by atoms with Gasteiger partial charge in [-0.2, -0.15) is 0 Å². The molecule has 0 radical (unpaired) electrons. The van der Waals surface area contributed by atoms with Crippen molar-refractivity contribution < 1.29 is 14.3 Å². The summed E-state index contributed by atoms with van der Waals surface area (Å²) in [4.78, 5) is 11.5. The lowest BCUT2D eigenvalue weighted by Crippen LogP contribution is -2.46. The second-order valence-corrected chi connectivity index (χ2v) is 4.33. The Morgan fingerprint density at radius 3 is 2.56 bits per heavy atom. The molecule has 0 aromatic heterocycles. The average Bonchev–Trinajstić information content (AvgIpc) is 2.24. The Balaban J connectivity index is 3.77. The summed E-state index contributed by atoms with van der Waals surface area (Å²) < 4.78 is 10.4. The lowest BCUT2D eigenvalue weighted by molar-refractivity contribution is -0.149. The van der Waals surface area contributed by atoms with Crippen LogP contribution in [0.15, 0.2) is 0 Å². The van der Waals surface area contributed by atoms with Crippen LogP contribution in [0.5, 0.6) is 0 Å². The van der Waals surface area contributed by atoms with Crippen LogP contribution in [0.4, 0.5) is 0 Å². The molecule has 0 saturated carbocycles. The largest absolute Gasteiger partial charge is 0.465 e. The van der Waals surface area contributed by atoms with Crippen LogP contribution < -0.4 is 5.73 Å². The van der Waals surface area contributed by atoms with Crippen LogP contribution >= 0.6 is 0 Å². The highest BCUT2D eigenvalue weighted by molar-refractivity contribution is 5.79. The minimum Gasteiger partial charge on any atom is -0.465 e. The van der Waals surface area contributed by atoms with E-state index in [2.05, 4.69) is 6.92 Å². The summed E-state index contributed by atoms with van der Waals surface area (Å²) in [7, 11) is 0. The summed E-state index contributed by atoms with van der Waals surface area (Å²) >= 11 is 0. The fourth-order valence-electron chi connectivity index (χ4n) is 1.24. The molecule has 2 atom stereocenters. The lowest BCUT2D eigenvalue weighted by Gasteiger charge is -2.22. The van der Waals surface area contributed by atoms with Crippen molar-refractivity contribution in [3.05, 3.63) is 0 Å². The van der Waals surface area contributed by atoms with E-state index >= 15 is 0 Å². The van der Waals surface area contributed by atoms with Gasteiger partial charge in [0.2, 0.25) is 0 Å². The molecular formula is C12H25NO3. The maximum absolute atomic E-state index is 11.5. The van der Waals surface area contributed by atoms with Gasteiger partial charge in [0.1, 0.15) is 5.54 Å². The van der Waals surface area contributed by atoms with E-state index in [1.54, 1.807) is 13.8 Å². The zero-order chi connectivity index (χ0) is 12.6. The third-order valence-corrected chi connectivity index (χ3v) is 2.56. The van der Waals surface area contributed by atoms with Crippen LogP contribution in [-0.4, -0.2) is 30.8 Å². The number of esters is 1. The van der Waals surface area contributed by atoms with E-state index in [0.29, 0.717) is 19.6 Å². The molecule has 2 unspecified atom stereocenters. The highest BCUT2D eigenvalue weighted by atomic mass is 16.5. The number of nitrogens with two attached hydrogens (primary N) is 1. The van der Waals surface area contributed by atoms with Gasteiger partial charge in [-0.3, -0.25) is 4.79 Å². The van der Waals surface area contributed by atoms with Gasteiger partial charge in [-0.25, -0.2) is 0 Å². The molecule has 0 spiro atoms. The van der Waals surface area contributed by atoms with E-state index in [1.807, 2.05) is 6.92 Å². The highest BCUT2D eigenvalue weighted by Crippen LogP contribution is 2.11. The summed E-state index contributed by atoms with van der Waals surface area (Å²) in [5.41, 5.74) is 4.97. The zero-order valence-electron chi connectivity index (χ0n) is 10.9. The number of hydrogen-bond donors (Lipinski definition) is 1. The quantitative estimate of drug-likeness (QED) is 0.511. The molecule has 0 fully saturated rings. The summed E-state index contributed by atoms with van der Waals surface area (Å²) in [5.74, 6) is -0.335. The molecule has 0 aromatic rings. The molecule has 0 aliphatic rings. The van der Waals surface area contributed by atoms with Crippen molar-refractivity contribution in [3.8, 4) is 0 Å². The molecule has 0 rings (SSSR count). The second kappa shape index (κ2) is 7.63. The summed E-state index contributed by atoms with van der Waals surface area (Å²) in [6.45, 7) is 8.60. The van der Waals surface area contributed by atoms with Crippen molar-refractivity contribution in [2.45, 2.75) is 58.6 Å². The van der Waals surface area contributed by atoms with Crippen LogP contribution in [0.3, 0.4) is 0 Å². The number of ether oxygens (including phenoxy) is 2. The Bertz CT molecular complexity index is 204. The molecule has 0 saturated heterocycles. The number of carbonyl (C=O) groups excluding carboxylic acids is 1. The molecule has 0 aliphatic carbocycles. The van der Waals surface area contributed by atoms with Crippen LogP contribution in [0.2, 0.25) is 0 Å². The fraction of sp³-hybridized carbons (Fsp3) is 0.917. The standard InChI is InChI=1S/C12H25NO3/c1-5-10(3)16-9-7-8-12(4,13)11(14)15-6-2/h10H,5-9,13H2,1-4H3. The first-order valence-electron chi connectivity index (χ1n) is 6.01. The van der Waals surface area contributed by atoms with Gasteiger partial charge in [0, 0.05) is 6.61 Å². The molecule has 0 aliphatic heterocycles. The van der Waals surface area contributed by atoms with Gasteiger partial charge >= 0.3 is 5.97 Å². The van der Waals surface area contributed by atoms with Gasteiger partial charge in [-0.1, -0.05) is 6.92 Å². The molecule has 0 heterocycles. The van der Waals surface area contributed by atoms with Gasteiger partial charge in [0.25, 0.3) is 0 Å². The second-order valence-electron chi connectivity index (χ2n) is 4.33. The Kier molecular flexibility index (Phi) is 7.34. The predicted octanol–water partition coefficient (Wildman–Crippen LogP) is 1.86. The first-order valence-corrected chi connectivity index (χ1v) is 6.01. The molecule has 0 bridgehead atoms.